The molecule has 2 N–H and O–H groups in total. The molecule has 1 unspecified atom stereocenters. The van der Waals surface area contributed by atoms with Gasteiger partial charge in [-0.3, -0.25) is 4.79 Å². The van der Waals surface area contributed by atoms with Crippen molar-refractivity contribution in [3.63, 3.8) is 0 Å². The molecule has 0 fully saturated rings. The molecule has 0 radical (unpaired) electrons. The minimum atomic E-state index is -0.189. The van der Waals surface area contributed by atoms with Crippen molar-refractivity contribution in [2.75, 3.05) is 38.3 Å². The van der Waals surface area contributed by atoms with Gasteiger partial charge < -0.3 is 15.5 Å². The molecule has 1 amide bonds. The summed E-state index contributed by atoms with van der Waals surface area (Å²) >= 11 is 1.82. The number of hydrogen-bond acceptors (Lipinski definition) is 4. The third-order valence-electron chi connectivity index (χ3n) is 3.26. The van der Waals surface area contributed by atoms with Gasteiger partial charge in [-0.2, -0.15) is 0 Å². The first-order valence-electron chi connectivity index (χ1n) is 7.07. The molecule has 4 nitrogen and oxygen atoms in total. The zero-order chi connectivity index (χ0) is 14.5. The van der Waals surface area contributed by atoms with Gasteiger partial charge in [0.25, 0.3) is 0 Å². The average molecular weight is 293 g/mol. The van der Waals surface area contributed by atoms with Gasteiger partial charge in [-0.25, -0.2) is 0 Å². The second-order valence-electron chi connectivity index (χ2n) is 5.28. The summed E-state index contributed by atoms with van der Waals surface area (Å²) in [6.45, 7) is 4.01. The second-order valence-corrected chi connectivity index (χ2v) is 6.45. The quantitative estimate of drug-likeness (QED) is 0.757. The SMILES string of the molecule is CCCNC1C(=O)Nc2cc(SCCN(C)C)ccc21. The van der Waals surface area contributed by atoms with E-state index in [4.69, 9.17) is 0 Å². The van der Waals surface area contributed by atoms with E-state index in [2.05, 4.69) is 54.8 Å². The highest BCUT2D eigenvalue weighted by Crippen LogP contribution is 2.34. The van der Waals surface area contributed by atoms with Crippen LogP contribution in [0.3, 0.4) is 0 Å². The van der Waals surface area contributed by atoms with Crippen molar-refractivity contribution < 1.29 is 4.79 Å². The molecular weight excluding hydrogens is 270 g/mol. The molecule has 1 aromatic carbocycles. The molecule has 0 spiro atoms. The van der Waals surface area contributed by atoms with Crippen LogP contribution in [0.5, 0.6) is 0 Å². The number of amides is 1. The lowest BCUT2D eigenvalue weighted by molar-refractivity contribution is -0.117. The lowest BCUT2D eigenvalue weighted by Gasteiger charge is -2.11. The van der Waals surface area contributed by atoms with Crippen LogP contribution < -0.4 is 10.6 Å². The number of anilines is 1. The van der Waals surface area contributed by atoms with Crippen molar-refractivity contribution >= 4 is 23.4 Å². The molecule has 1 aromatic rings. The maximum atomic E-state index is 12.0. The fourth-order valence-corrected chi connectivity index (χ4v) is 3.23. The van der Waals surface area contributed by atoms with Gasteiger partial charge in [-0.15, -0.1) is 11.8 Å². The average Bonchev–Trinajstić information content (AvgIpc) is 2.71. The molecule has 110 valence electrons. The van der Waals surface area contributed by atoms with Gasteiger partial charge in [-0.05, 0) is 39.2 Å². The van der Waals surface area contributed by atoms with Crippen LogP contribution in [0.25, 0.3) is 0 Å². The third kappa shape index (κ3) is 3.75. The molecule has 0 aromatic heterocycles. The summed E-state index contributed by atoms with van der Waals surface area (Å²) in [6, 6.07) is 6.07. The largest absolute Gasteiger partial charge is 0.324 e. The van der Waals surface area contributed by atoms with Crippen LogP contribution in [0.2, 0.25) is 0 Å². The minimum Gasteiger partial charge on any atom is -0.324 e. The van der Waals surface area contributed by atoms with E-state index in [1.165, 1.54) is 4.90 Å². The van der Waals surface area contributed by atoms with Crippen LogP contribution in [0.1, 0.15) is 24.9 Å². The predicted molar refractivity (Wildman–Crippen MR) is 85.4 cm³/mol. The van der Waals surface area contributed by atoms with Crippen molar-refractivity contribution in [2.45, 2.75) is 24.3 Å². The highest BCUT2D eigenvalue weighted by Gasteiger charge is 2.29. The fraction of sp³-hybridized carbons (Fsp3) is 0.533. The van der Waals surface area contributed by atoms with Gasteiger partial charge in [0, 0.05) is 28.4 Å². The smallest absolute Gasteiger partial charge is 0.246 e. The molecule has 1 aliphatic heterocycles. The van der Waals surface area contributed by atoms with Crippen LogP contribution in [0, 0.1) is 0 Å². The van der Waals surface area contributed by atoms with Gasteiger partial charge in [0.05, 0.1) is 0 Å². The van der Waals surface area contributed by atoms with E-state index in [0.717, 1.165) is 36.5 Å². The maximum absolute atomic E-state index is 12.0. The summed E-state index contributed by atoms with van der Waals surface area (Å²) in [5.41, 5.74) is 2.03. The van der Waals surface area contributed by atoms with Gasteiger partial charge in [0.15, 0.2) is 0 Å². The van der Waals surface area contributed by atoms with Gasteiger partial charge in [0.2, 0.25) is 5.91 Å². The highest BCUT2D eigenvalue weighted by molar-refractivity contribution is 7.99. The molecule has 2 rings (SSSR count). The summed E-state index contributed by atoms with van der Waals surface area (Å²) in [4.78, 5) is 15.3. The van der Waals surface area contributed by atoms with E-state index in [1.54, 1.807) is 0 Å². The van der Waals surface area contributed by atoms with E-state index >= 15 is 0 Å². The van der Waals surface area contributed by atoms with E-state index < -0.39 is 0 Å². The molecule has 0 saturated heterocycles. The summed E-state index contributed by atoms with van der Waals surface area (Å²) in [5, 5.41) is 6.26. The predicted octanol–water partition coefficient (Wildman–Crippen LogP) is 2.33. The maximum Gasteiger partial charge on any atom is 0.246 e. The number of thioether (sulfide) groups is 1. The first-order chi connectivity index (χ1) is 9.61. The van der Waals surface area contributed by atoms with Crippen LogP contribution in [-0.2, 0) is 4.79 Å². The third-order valence-corrected chi connectivity index (χ3v) is 4.24. The van der Waals surface area contributed by atoms with Crippen LogP contribution >= 0.6 is 11.8 Å². The van der Waals surface area contributed by atoms with Crippen molar-refractivity contribution in [3.05, 3.63) is 23.8 Å². The van der Waals surface area contributed by atoms with Crippen LogP contribution in [-0.4, -0.2) is 43.7 Å². The van der Waals surface area contributed by atoms with E-state index in [9.17, 15) is 4.79 Å². The molecule has 20 heavy (non-hydrogen) atoms. The number of carbonyl (C=O) groups is 1. The Bertz CT molecular complexity index is 476. The summed E-state index contributed by atoms with van der Waals surface area (Å²) in [5.74, 6) is 1.11. The highest BCUT2D eigenvalue weighted by atomic mass is 32.2. The topological polar surface area (TPSA) is 44.4 Å². The van der Waals surface area contributed by atoms with E-state index in [0.29, 0.717) is 0 Å². The van der Waals surface area contributed by atoms with Crippen molar-refractivity contribution in [3.8, 4) is 0 Å². The van der Waals surface area contributed by atoms with Crippen molar-refractivity contribution in [1.29, 1.82) is 0 Å². The van der Waals surface area contributed by atoms with E-state index in [1.807, 2.05) is 11.8 Å². The number of rotatable bonds is 7. The normalized spacial score (nSPS) is 17.4. The Kier molecular flexibility index (Phi) is 5.46. The van der Waals surface area contributed by atoms with Crippen molar-refractivity contribution in [1.82, 2.24) is 10.2 Å². The number of carbonyl (C=O) groups excluding carboxylic acids is 1. The monoisotopic (exact) mass is 293 g/mol. The Morgan fingerprint density at radius 2 is 2.20 bits per heavy atom. The standard InChI is InChI=1S/C15H23N3OS/c1-4-7-16-14-12-6-5-11(20-9-8-18(2)3)10-13(12)17-15(14)19/h5-6,10,14,16H,4,7-9H2,1-3H3,(H,17,19). The molecule has 5 heteroatoms. The zero-order valence-corrected chi connectivity index (χ0v) is 13.2. The lowest BCUT2D eigenvalue weighted by Crippen LogP contribution is -2.27. The molecule has 0 bridgehead atoms. The van der Waals surface area contributed by atoms with Gasteiger partial charge in [0.1, 0.15) is 6.04 Å². The number of nitrogens with zero attached hydrogens (tertiary/aromatic N) is 1. The summed E-state index contributed by atoms with van der Waals surface area (Å²) < 4.78 is 0. The lowest BCUT2D eigenvalue weighted by atomic mass is 10.1. The number of benzene rings is 1. The van der Waals surface area contributed by atoms with Crippen LogP contribution in [0.15, 0.2) is 23.1 Å². The molecular formula is C15H23N3OS. The van der Waals surface area contributed by atoms with Crippen LogP contribution in [0.4, 0.5) is 5.69 Å². The Morgan fingerprint density at radius 3 is 2.90 bits per heavy atom. The summed E-state index contributed by atoms with van der Waals surface area (Å²) in [7, 11) is 4.15. The summed E-state index contributed by atoms with van der Waals surface area (Å²) in [6.07, 6.45) is 1.03. The minimum absolute atomic E-state index is 0.0592. The molecule has 1 aliphatic rings. The Labute approximate surface area is 125 Å². The first-order valence-corrected chi connectivity index (χ1v) is 8.06. The molecule has 0 saturated carbocycles. The number of fused-ring (bicyclic) bond motifs is 1. The van der Waals surface area contributed by atoms with Gasteiger partial charge in [-0.1, -0.05) is 13.0 Å². The molecule has 1 atom stereocenters. The fourth-order valence-electron chi connectivity index (χ4n) is 2.17. The Morgan fingerprint density at radius 1 is 1.40 bits per heavy atom. The Balaban J connectivity index is 2.02. The number of hydrogen-bond donors (Lipinski definition) is 2. The van der Waals surface area contributed by atoms with Gasteiger partial charge >= 0.3 is 0 Å². The van der Waals surface area contributed by atoms with E-state index in [-0.39, 0.29) is 11.9 Å². The molecule has 0 aliphatic carbocycles. The number of nitrogens with one attached hydrogen (secondary N) is 2. The first kappa shape index (κ1) is 15.4. The zero-order valence-electron chi connectivity index (χ0n) is 12.4. The van der Waals surface area contributed by atoms with Crippen molar-refractivity contribution in [2.24, 2.45) is 0 Å². The second kappa shape index (κ2) is 7.11. The Hall–Kier alpha value is -1.04. The molecule has 1 heterocycles.